The van der Waals surface area contributed by atoms with E-state index in [0.29, 0.717) is 28.8 Å². The molecule has 3 aromatic heterocycles. The number of rotatable bonds is 7. The first-order chi connectivity index (χ1) is 16.5. The molecule has 3 heterocycles. The predicted octanol–water partition coefficient (Wildman–Crippen LogP) is 4.79. The van der Waals surface area contributed by atoms with E-state index < -0.39 is 0 Å². The zero-order chi connectivity index (χ0) is 23.7. The number of carbonyl (C=O) groups is 1. The first kappa shape index (κ1) is 22.0. The van der Waals surface area contributed by atoms with Crippen molar-refractivity contribution in [2.45, 2.75) is 25.9 Å². The fraction of sp³-hybridized carbons (Fsp3) is 0.200. The van der Waals surface area contributed by atoms with Gasteiger partial charge in [0, 0.05) is 18.0 Å². The number of amides is 1. The Kier molecular flexibility index (Phi) is 5.93. The van der Waals surface area contributed by atoms with E-state index in [4.69, 9.17) is 9.84 Å². The molecule has 34 heavy (non-hydrogen) atoms. The summed E-state index contributed by atoms with van der Waals surface area (Å²) >= 11 is 1.33. The molecular formula is C25H24N6O2S. The van der Waals surface area contributed by atoms with Crippen LogP contribution in [0.25, 0.3) is 22.4 Å². The topological polar surface area (TPSA) is 85.8 Å². The molecule has 0 aliphatic rings. The SMILES string of the molecule is CCOc1ccccc1NC(=O)CSc1nnc2c3cc(-c4ccc(C)c(C)c4)nn3ccn12. The van der Waals surface area contributed by atoms with Crippen molar-refractivity contribution < 1.29 is 9.53 Å². The van der Waals surface area contributed by atoms with Gasteiger partial charge in [-0.1, -0.05) is 36.0 Å². The number of hydrogen-bond acceptors (Lipinski definition) is 6. The van der Waals surface area contributed by atoms with Crippen molar-refractivity contribution in [3.8, 4) is 17.0 Å². The van der Waals surface area contributed by atoms with Crippen LogP contribution in [0.3, 0.4) is 0 Å². The van der Waals surface area contributed by atoms with Crippen LogP contribution in [-0.4, -0.2) is 42.5 Å². The van der Waals surface area contributed by atoms with Crippen LogP contribution in [0.5, 0.6) is 5.75 Å². The van der Waals surface area contributed by atoms with Crippen LogP contribution in [-0.2, 0) is 4.79 Å². The number of aryl methyl sites for hydroxylation is 2. The van der Waals surface area contributed by atoms with E-state index in [1.54, 1.807) is 4.52 Å². The molecule has 0 aliphatic heterocycles. The average Bonchev–Trinajstić information content (AvgIpc) is 3.45. The van der Waals surface area contributed by atoms with Gasteiger partial charge in [0.05, 0.1) is 23.7 Å². The lowest BCUT2D eigenvalue weighted by Gasteiger charge is -2.10. The minimum atomic E-state index is -0.142. The van der Waals surface area contributed by atoms with Crippen molar-refractivity contribution in [3.05, 3.63) is 72.1 Å². The second kappa shape index (κ2) is 9.18. The van der Waals surface area contributed by atoms with Crippen LogP contribution in [0.1, 0.15) is 18.1 Å². The molecule has 0 bridgehead atoms. The first-order valence-corrected chi connectivity index (χ1v) is 12.0. The summed E-state index contributed by atoms with van der Waals surface area (Å²) in [6, 6.07) is 15.7. The summed E-state index contributed by atoms with van der Waals surface area (Å²) in [6.07, 6.45) is 3.74. The number of aromatic nitrogens is 5. The Morgan fingerprint density at radius 1 is 1.06 bits per heavy atom. The van der Waals surface area contributed by atoms with Crippen molar-refractivity contribution in [1.29, 1.82) is 0 Å². The van der Waals surface area contributed by atoms with Gasteiger partial charge in [-0.05, 0) is 56.2 Å². The number of carbonyl (C=O) groups excluding carboxylic acids is 1. The van der Waals surface area contributed by atoms with Gasteiger partial charge in [0.1, 0.15) is 11.3 Å². The summed E-state index contributed by atoms with van der Waals surface area (Å²) in [5.41, 5.74) is 6.60. The van der Waals surface area contributed by atoms with Crippen LogP contribution in [0.4, 0.5) is 5.69 Å². The van der Waals surface area contributed by atoms with Crippen molar-refractivity contribution in [1.82, 2.24) is 24.2 Å². The highest BCUT2D eigenvalue weighted by atomic mass is 32.2. The molecule has 0 atom stereocenters. The predicted molar refractivity (Wildman–Crippen MR) is 134 cm³/mol. The molecular weight excluding hydrogens is 448 g/mol. The molecule has 9 heteroatoms. The summed E-state index contributed by atoms with van der Waals surface area (Å²) in [5, 5.41) is 16.9. The molecule has 172 valence electrons. The molecule has 5 rings (SSSR count). The van der Waals surface area contributed by atoms with Crippen LogP contribution in [0.2, 0.25) is 0 Å². The second-order valence-electron chi connectivity index (χ2n) is 7.90. The van der Waals surface area contributed by atoms with Gasteiger partial charge in [0.2, 0.25) is 5.91 Å². The molecule has 1 N–H and O–H groups in total. The fourth-order valence-corrected chi connectivity index (χ4v) is 4.42. The third-order valence-corrected chi connectivity index (χ3v) is 6.53. The molecule has 0 aliphatic carbocycles. The third kappa shape index (κ3) is 4.22. The molecule has 0 spiro atoms. The zero-order valence-electron chi connectivity index (χ0n) is 19.1. The average molecular weight is 473 g/mol. The van der Waals surface area contributed by atoms with Gasteiger partial charge in [-0.25, -0.2) is 4.52 Å². The number of nitrogens with zero attached hydrogens (tertiary/aromatic N) is 5. The molecule has 0 saturated heterocycles. The highest BCUT2D eigenvalue weighted by Crippen LogP contribution is 2.27. The number of anilines is 1. The van der Waals surface area contributed by atoms with Gasteiger partial charge >= 0.3 is 0 Å². The highest BCUT2D eigenvalue weighted by Gasteiger charge is 2.15. The monoisotopic (exact) mass is 472 g/mol. The van der Waals surface area contributed by atoms with Gasteiger partial charge in [-0.15, -0.1) is 10.2 Å². The Morgan fingerprint density at radius 3 is 2.74 bits per heavy atom. The van der Waals surface area contributed by atoms with Crippen LogP contribution in [0, 0.1) is 13.8 Å². The van der Waals surface area contributed by atoms with Crippen LogP contribution < -0.4 is 10.1 Å². The van der Waals surface area contributed by atoms with E-state index in [9.17, 15) is 4.79 Å². The Morgan fingerprint density at radius 2 is 1.91 bits per heavy atom. The Balaban J connectivity index is 1.36. The Hall–Kier alpha value is -3.85. The van der Waals surface area contributed by atoms with E-state index in [2.05, 4.69) is 47.6 Å². The van der Waals surface area contributed by atoms with Crippen LogP contribution >= 0.6 is 11.8 Å². The Labute approximate surface area is 201 Å². The quantitative estimate of drug-likeness (QED) is 0.343. The second-order valence-corrected chi connectivity index (χ2v) is 8.84. The minimum absolute atomic E-state index is 0.142. The summed E-state index contributed by atoms with van der Waals surface area (Å²) in [7, 11) is 0. The summed E-state index contributed by atoms with van der Waals surface area (Å²) in [6.45, 7) is 6.63. The zero-order valence-corrected chi connectivity index (χ0v) is 20.0. The normalized spacial score (nSPS) is 11.3. The maximum atomic E-state index is 12.6. The smallest absolute Gasteiger partial charge is 0.234 e. The molecule has 0 fully saturated rings. The van der Waals surface area contributed by atoms with Gasteiger partial charge in [0.15, 0.2) is 10.8 Å². The summed E-state index contributed by atoms with van der Waals surface area (Å²) in [5.74, 6) is 0.704. The number of benzene rings is 2. The summed E-state index contributed by atoms with van der Waals surface area (Å²) in [4.78, 5) is 12.6. The number of ether oxygens (including phenoxy) is 1. The third-order valence-electron chi connectivity index (χ3n) is 5.58. The summed E-state index contributed by atoms with van der Waals surface area (Å²) < 4.78 is 9.26. The standard InChI is InChI=1S/C25H24N6O2S/c1-4-33-22-8-6-5-7-19(22)26-23(32)15-34-25-28-27-24-21-14-20(29-31(21)12-11-30(24)25)18-10-9-16(2)17(3)13-18/h5-14H,4,15H2,1-3H3,(H,26,32). The maximum Gasteiger partial charge on any atom is 0.234 e. The first-order valence-electron chi connectivity index (χ1n) is 11.0. The highest BCUT2D eigenvalue weighted by molar-refractivity contribution is 7.99. The molecule has 2 aromatic carbocycles. The fourth-order valence-electron chi connectivity index (χ4n) is 3.70. The lowest BCUT2D eigenvalue weighted by Crippen LogP contribution is -2.15. The van der Waals surface area contributed by atoms with E-state index in [0.717, 1.165) is 16.8 Å². The Bertz CT molecular complexity index is 1510. The van der Waals surface area contributed by atoms with Crippen molar-refractivity contribution in [3.63, 3.8) is 0 Å². The van der Waals surface area contributed by atoms with E-state index in [-0.39, 0.29) is 11.7 Å². The van der Waals surface area contributed by atoms with Crippen molar-refractivity contribution in [2.24, 2.45) is 0 Å². The van der Waals surface area contributed by atoms with E-state index in [1.165, 1.54) is 22.9 Å². The number of nitrogens with one attached hydrogen (secondary N) is 1. The van der Waals surface area contributed by atoms with E-state index in [1.807, 2.05) is 54.0 Å². The van der Waals surface area contributed by atoms with E-state index >= 15 is 0 Å². The number of thioether (sulfide) groups is 1. The van der Waals surface area contributed by atoms with Crippen molar-refractivity contribution in [2.75, 3.05) is 17.7 Å². The maximum absolute atomic E-state index is 12.6. The molecule has 0 unspecified atom stereocenters. The minimum Gasteiger partial charge on any atom is -0.492 e. The lowest BCUT2D eigenvalue weighted by atomic mass is 10.0. The number of para-hydroxylation sites is 2. The molecule has 1 amide bonds. The number of hydrogen-bond donors (Lipinski definition) is 1. The lowest BCUT2D eigenvalue weighted by molar-refractivity contribution is -0.113. The largest absolute Gasteiger partial charge is 0.492 e. The molecule has 5 aromatic rings. The van der Waals surface area contributed by atoms with Gasteiger partial charge in [-0.3, -0.25) is 9.20 Å². The molecule has 0 radical (unpaired) electrons. The van der Waals surface area contributed by atoms with Gasteiger partial charge in [0.25, 0.3) is 0 Å². The van der Waals surface area contributed by atoms with Gasteiger partial charge in [-0.2, -0.15) is 5.10 Å². The molecule has 8 nitrogen and oxygen atoms in total. The van der Waals surface area contributed by atoms with Crippen molar-refractivity contribution >= 4 is 34.5 Å². The number of fused-ring (bicyclic) bond motifs is 3. The molecule has 0 saturated carbocycles. The van der Waals surface area contributed by atoms with Crippen LogP contribution in [0.15, 0.2) is 66.1 Å². The van der Waals surface area contributed by atoms with Gasteiger partial charge < -0.3 is 10.1 Å².